The van der Waals surface area contributed by atoms with Crippen molar-refractivity contribution in [3.63, 3.8) is 0 Å². The quantitative estimate of drug-likeness (QED) is 0.441. The van der Waals surface area contributed by atoms with Crippen molar-refractivity contribution in [1.29, 1.82) is 0 Å². The van der Waals surface area contributed by atoms with E-state index in [4.69, 9.17) is 4.74 Å². The number of hydrogen-bond donors (Lipinski definition) is 1. The topological polar surface area (TPSA) is 97.7 Å². The van der Waals surface area contributed by atoms with Crippen molar-refractivity contribution in [1.82, 2.24) is 0 Å². The second-order valence-electron chi connectivity index (χ2n) is 6.88. The highest BCUT2D eigenvalue weighted by Crippen LogP contribution is 2.43. The standard InChI is InChI=1S/C14H18F6O6S2/c15-13(16,17)27(22,23)12(28(24,25)14(18,19)20)5-11(21)7-26-6-10-4-8-1-2-9(10)3-8/h1-2,8-12,21H,3-7H2. The lowest BCUT2D eigenvalue weighted by Gasteiger charge is -2.24. The number of aliphatic hydroxyl groups excluding tert-OH is 1. The molecule has 0 radical (unpaired) electrons. The minimum atomic E-state index is -6.75. The van der Waals surface area contributed by atoms with E-state index in [2.05, 4.69) is 0 Å². The van der Waals surface area contributed by atoms with E-state index in [-0.39, 0.29) is 18.4 Å². The highest BCUT2D eigenvalue weighted by molar-refractivity contribution is 8.09. The number of aliphatic hydroxyl groups is 1. The Morgan fingerprint density at radius 3 is 1.89 bits per heavy atom. The second-order valence-corrected chi connectivity index (χ2v) is 11.4. The molecule has 4 atom stereocenters. The number of halogens is 6. The zero-order valence-electron chi connectivity index (χ0n) is 14.1. The SMILES string of the molecule is O=S(=O)(C(CC(O)COCC1CC2C=CC1C2)S(=O)(=O)C(F)(F)F)C(F)(F)F. The van der Waals surface area contributed by atoms with Crippen LogP contribution >= 0.6 is 0 Å². The molecule has 164 valence electrons. The fourth-order valence-electron chi connectivity index (χ4n) is 3.45. The van der Waals surface area contributed by atoms with Crippen LogP contribution in [-0.2, 0) is 24.4 Å². The molecule has 0 saturated heterocycles. The van der Waals surface area contributed by atoms with Gasteiger partial charge in [-0.3, -0.25) is 0 Å². The molecule has 2 bridgehead atoms. The highest BCUT2D eigenvalue weighted by Gasteiger charge is 2.63. The van der Waals surface area contributed by atoms with Gasteiger partial charge in [-0.2, -0.15) is 26.3 Å². The average molecular weight is 460 g/mol. The lowest BCUT2D eigenvalue weighted by molar-refractivity contribution is -0.0482. The molecule has 6 nitrogen and oxygen atoms in total. The van der Waals surface area contributed by atoms with Crippen molar-refractivity contribution in [2.45, 2.75) is 41.0 Å². The Bertz CT molecular complexity index is 757. The predicted molar refractivity (Wildman–Crippen MR) is 84.0 cm³/mol. The number of allylic oxidation sites excluding steroid dienone is 2. The van der Waals surface area contributed by atoms with Gasteiger partial charge in [0.2, 0.25) is 0 Å². The molecule has 1 saturated carbocycles. The smallest absolute Gasteiger partial charge is 0.391 e. The highest BCUT2D eigenvalue weighted by atomic mass is 32.3. The third kappa shape index (κ3) is 4.65. The normalized spacial score (nSPS) is 26.9. The van der Waals surface area contributed by atoms with Gasteiger partial charge in [-0.25, -0.2) is 16.8 Å². The minimum absolute atomic E-state index is 0.0608. The zero-order valence-corrected chi connectivity index (χ0v) is 15.8. The van der Waals surface area contributed by atoms with E-state index in [0.717, 1.165) is 12.8 Å². The van der Waals surface area contributed by atoms with Gasteiger partial charge >= 0.3 is 11.0 Å². The van der Waals surface area contributed by atoms with E-state index in [1.165, 1.54) is 0 Å². The number of ether oxygens (including phenoxy) is 1. The predicted octanol–water partition coefficient (Wildman–Crippen LogP) is 2.16. The van der Waals surface area contributed by atoms with Crippen molar-refractivity contribution in [3.8, 4) is 0 Å². The van der Waals surface area contributed by atoms with E-state index in [1.807, 2.05) is 12.2 Å². The number of fused-ring (bicyclic) bond motifs is 2. The molecule has 28 heavy (non-hydrogen) atoms. The van der Waals surface area contributed by atoms with Crippen molar-refractivity contribution in [2.75, 3.05) is 13.2 Å². The van der Waals surface area contributed by atoms with Crippen LogP contribution in [0.4, 0.5) is 26.3 Å². The molecule has 14 heteroatoms. The molecule has 1 N–H and O–H groups in total. The van der Waals surface area contributed by atoms with Crippen molar-refractivity contribution in [2.24, 2.45) is 17.8 Å². The fourth-order valence-corrected chi connectivity index (χ4v) is 6.99. The van der Waals surface area contributed by atoms with Gasteiger partial charge in [0.15, 0.2) is 4.58 Å². The first-order valence-corrected chi connectivity index (χ1v) is 11.2. The van der Waals surface area contributed by atoms with Gasteiger partial charge in [-0.1, -0.05) is 12.2 Å². The summed E-state index contributed by atoms with van der Waals surface area (Å²) in [5.74, 6) is 0.670. The van der Waals surface area contributed by atoms with Crippen LogP contribution < -0.4 is 0 Å². The van der Waals surface area contributed by atoms with Crippen LogP contribution in [0.25, 0.3) is 0 Å². The van der Waals surface area contributed by atoms with Gasteiger partial charge in [0.1, 0.15) is 0 Å². The first-order valence-electron chi connectivity index (χ1n) is 8.12. The Balaban J connectivity index is 2.06. The average Bonchev–Trinajstić information content (AvgIpc) is 3.12. The van der Waals surface area contributed by atoms with Gasteiger partial charge in [-0.05, 0) is 30.6 Å². The summed E-state index contributed by atoms with van der Waals surface area (Å²) < 4.78 is 123. The summed E-state index contributed by atoms with van der Waals surface area (Å²) >= 11 is 0. The van der Waals surface area contributed by atoms with Crippen LogP contribution in [0.3, 0.4) is 0 Å². The molecule has 0 spiro atoms. The molecule has 0 aromatic rings. The summed E-state index contributed by atoms with van der Waals surface area (Å²) in [6.07, 6.45) is 1.72. The van der Waals surface area contributed by atoms with Gasteiger partial charge < -0.3 is 9.84 Å². The monoisotopic (exact) mass is 460 g/mol. The third-order valence-electron chi connectivity index (χ3n) is 4.86. The van der Waals surface area contributed by atoms with E-state index < -0.39 is 54.4 Å². The van der Waals surface area contributed by atoms with Crippen molar-refractivity contribution in [3.05, 3.63) is 12.2 Å². The maximum absolute atomic E-state index is 12.7. The summed E-state index contributed by atoms with van der Waals surface area (Å²) in [7, 11) is -13.5. The third-order valence-corrected chi connectivity index (χ3v) is 9.44. The van der Waals surface area contributed by atoms with Crippen LogP contribution in [-0.4, -0.2) is 56.9 Å². The second kappa shape index (κ2) is 7.76. The van der Waals surface area contributed by atoms with E-state index in [1.54, 1.807) is 0 Å². The van der Waals surface area contributed by atoms with Crippen molar-refractivity contribution < 1.29 is 53.0 Å². The molecule has 2 aliphatic rings. The Hall–Kier alpha value is -0.860. The molecule has 1 fully saturated rings. The van der Waals surface area contributed by atoms with E-state index >= 15 is 0 Å². The number of alkyl halides is 6. The Kier molecular flexibility index (Phi) is 6.49. The Morgan fingerprint density at radius 1 is 0.964 bits per heavy atom. The van der Waals surface area contributed by atoms with Crippen molar-refractivity contribution >= 4 is 19.7 Å². The summed E-state index contributed by atoms with van der Waals surface area (Å²) in [6, 6.07) is 0. The Labute approximate surface area is 157 Å². The van der Waals surface area contributed by atoms with Crippen LogP contribution in [0.1, 0.15) is 19.3 Å². The first kappa shape index (κ1) is 23.4. The lowest BCUT2D eigenvalue weighted by Crippen LogP contribution is -2.46. The Morgan fingerprint density at radius 2 is 1.50 bits per heavy atom. The molecule has 0 aliphatic heterocycles. The van der Waals surface area contributed by atoms with Gasteiger partial charge in [0, 0.05) is 6.42 Å². The molecule has 2 rings (SSSR count). The summed E-state index contributed by atoms with van der Waals surface area (Å²) in [6.45, 7) is -0.736. The molecule has 0 heterocycles. The summed E-state index contributed by atoms with van der Waals surface area (Å²) in [5.41, 5.74) is -12.5. The molecule has 0 amide bonds. The number of hydrogen-bond acceptors (Lipinski definition) is 6. The van der Waals surface area contributed by atoms with Crippen LogP contribution in [0, 0.1) is 17.8 Å². The summed E-state index contributed by atoms with van der Waals surface area (Å²) in [4.78, 5) is 0. The van der Waals surface area contributed by atoms with E-state index in [0.29, 0.717) is 5.92 Å². The lowest BCUT2D eigenvalue weighted by atomic mass is 9.95. The van der Waals surface area contributed by atoms with E-state index in [9.17, 15) is 48.3 Å². The van der Waals surface area contributed by atoms with Crippen LogP contribution in [0.5, 0.6) is 0 Å². The summed E-state index contributed by atoms with van der Waals surface area (Å²) in [5, 5.41) is 9.68. The molecular weight excluding hydrogens is 442 g/mol. The van der Waals surface area contributed by atoms with Gasteiger partial charge in [-0.15, -0.1) is 0 Å². The van der Waals surface area contributed by atoms with Gasteiger partial charge in [0.05, 0.1) is 19.3 Å². The molecule has 0 aromatic heterocycles. The minimum Gasteiger partial charge on any atom is -0.391 e. The first-order chi connectivity index (χ1) is 12.6. The van der Waals surface area contributed by atoms with Gasteiger partial charge in [0.25, 0.3) is 19.7 Å². The van der Waals surface area contributed by atoms with Crippen LogP contribution in [0.2, 0.25) is 0 Å². The number of sulfone groups is 2. The maximum atomic E-state index is 12.7. The van der Waals surface area contributed by atoms with Crippen LogP contribution in [0.15, 0.2) is 12.2 Å². The largest absolute Gasteiger partial charge is 0.498 e. The molecule has 4 unspecified atom stereocenters. The fraction of sp³-hybridized carbons (Fsp3) is 0.857. The molecule has 0 aromatic carbocycles. The maximum Gasteiger partial charge on any atom is 0.498 e. The zero-order chi connectivity index (χ0) is 21.5. The number of rotatable bonds is 8. The molecular formula is C14H18F6O6S2. The molecule has 2 aliphatic carbocycles.